The fraction of sp³-hybridized carbons (Fsp3) is 0.333. The van der Waals surface area contributed by atoms with Gasteiger partial charge >= 0.3 is 20.4 Å². The summed E-state index contributed by atoms with van der Waals surface area (Å²) in [5.74, 6) is 0. The predicted molar refractivity (Wildman–Crippen MR) is 58.7 cm³/mol. The van der Waals surface area contributed by atoms with E-state index >= 15 is 0 Å². The van der Waals surface area contributed by atoms with Crippen LogP contribution in [0.5, 0.6) is 0 Å². The van der Waals surface area contributed by atoms with Crippen LogP contribution in [0.2, 0.25) is 0 Å². The van der Waals surface area contributed by atoms with Crippen LogP contribution in [0.15, 0.2) is 42.9 Å². The first-order valence-corrected chi connectivity index (χ1v) is 6.39. The zero-order valence-electron chi connectivity index (χ0n) is 8.43. The smallest absolute Gasteiger partial charge is 0.179 e. The number of hydrogen-bond donors (Lipinski definition) is 0. The molecule has 1 heteroatoms. The van der Waals surface area contributed by atoms with Crippen LogP contribution in [-0.2, 0) is 0 Å². The summed E-state index contributed by atoms with van der Waals surface area (Å²) in [6.45, 7) is 4.51. The van der Waals surface area contributed by atoms with Gasteiger partial charge in [-0.25, -0.2) is 0 Å². The molecule has 0 aliphatic heterocycles. The lowest BCUT2D eigenvalue weighted by Crippen LogP contribution is -2.00. The minimum Gasteiger partial charge on any atom is -0.179 e. The highest BCUT2D eigenvalue weighted by molar-refractivity contribution is 6.54. The molecular weight excluding hydrogens is 168 g/mol. The van der Waals surface area contributed by atoms with E-state index in [0.717, 1.165) is 0 Å². The monoisotopic (exact) mass is 182 g/mol. The molecule has 2 rings (SSSR count). The summed E-state index contributed by atoms with van der Waals surface area (Å²) < 4.78 is 3.50. The molecule has 0 aromatic rings. The average Bonchev–Trinajstić information content (AvgIpc) is 2.65. The van der Waals surface area contributed by atoms with E-state index in [-0.39, 0.29) is 20.4 Å². The van der Waals surface area contributed by atoms with Crippen molar-refractivity contribution in [1.82, 2.24) is 0 Å². The van der Waals surface area contributed by atoms with E-state index in [1.807, 2.05) is 0 Å². The van der Waals surface area contributed by atoms with E-state index < -0.39 is 0 Å². The summed E-state index contributed by atoms with van der Waals surface area (Å²) in [5, 5.41) is 0. The largest absolute Gasteiger partial charge is 0.439 e. The summed E-state index contributed by atoms with van der Waals surface area (Å²) in [6.07, 6.45) is 11.6. The molecule has 0 saturated carbocycles. The lowest BCUT2D eigenvalue weighted by molar-refractivity contribution is 1.32. The Hall–Kier alpha value is -0.274. The summed E-state index contributed by atoms with van der Waals surface area (Å²) in [6, 6.07) is 0. The van der Waals surface area contributed by atoms with Crippen LogP contribution in [0.25, 0.3) is 0 Å². The quantitative estimate of drug-likeness (QED) is 0.576. The molecule has 0 fully saturated rings. The van der Waals surface area contributed by atoms with Crippen LogP contribution in [0.1, 0.15) is 26.7 Å². The first-order chi connectivity index (χ1) is 6.27. The Morgan fingerprint density at radius 2 is 1.38 bits per heavy atom. The minimum atomic E-state index is -0.0965. The summed E-state index contributed by atoms with van der Waals surface area (Å²) in [4.78, 5) is 0. The van der Waals surface area contributed by atoms with Crippen LogP contribution >= 0.6 is 0 Å². The molecule has 0 spiro atoms. The van der Waals surface area contributed by atoms with Gasteiger partial charge in [-0.2, -0.15) is 7.40 Å². The zero-order valence-corrected chi connectivity index (χ0v) is 9.84. The third kappa shape index (κ3) is 1.97. The Bertz CT molecular complexity index is 306. The summed E-state index contributed by atoms with van der Waals surface area (Å²) in [7, 11) is 0. The molecular formula is C12H14Mg. The number of allylic oxidation sites excluding steroid dienone is 8. The van der Waals surface area contributed by atoms with Crippen molar-refractivity contribution in [1.29, 1.82) is 0 Å². The van der Waals surface area contributed by atoms with E-state index in [1.165, 1.54) is 12.8 Å². The Morgan fingerprint density at radius 1 is 0.923 bits per heavy atom. The fourth-order valence-electron chi connectivity index (χ4n) is 1.99. The van der Waals surface area contributed by atoms with Gasteiger partial charge in [0.15, 0.2) is 0 Å². The lowest BCUT2D eigenvalue weighted by atomic mass is 10.3. The molecule has 13 heavy (non-hydrogen) atoms. The molecule has 0 nitrogen and oxygen atoms in total. The van der Waals surface area contributed by atoms with Gasteiger partial charge in [0.1, 0.15) is 0 Å². The molecule has 0 heterocycles. The number of hydrogen-bond acceptors (Lipinski definition) is 0. The molecule has 0 unspecified atom stereocenters. The van der Waals surface area contributed by atoms with E-state index in [1.54, 1.807) is 18.6 Å². The first-order valence-electron chi connectivity index (χ1n) is 4.97. The average molecular weight is 183 g/mol. The van der Waals surface area contributed by atoms with Gasteiger partial charge < -0.3 is 0 Å². The maximum absolute atomic E-state index is 2.30. The van der Waals surface area contributed by atoms with E-state index in [9.17, 15) is 0 Å². The van der Waals surface area contributed by atoms with Crippen LogP contribution in [0.4, 0.5) is 0 Å². The maximum atomic E-state index is 2.30. The summed E-state index contributed by atoms with van der Waals surface area (Å²) >= 11 is -0.0965. The summed E-state index contributed by atoms with van der Waals surface area (Å²) in [5.41, 5.74) is 3.08. The predicted octanol–water partition coefficient (Wildman–Crippen LogP) is 3.16. The van der Waals surface area contributed by atoms with Crippen molar-refractivity contribution in [3.63, 3.8) is 0 Å². The molecule has 0 bridgehead atoms. The van der Waals surface area contributed by atoms with Crippen LogP contribution in [0, 0.1) is 0 Å². The number of rotatable bonds is 2. The van der Waals surface area contributed by atoms with Gasteiger partial charge in [0.2, 0.25) is 0 Å². The molecule has 0 aromatic heterocycles. The molecule has 2 aliphatic carbocycles. The zero-order chi connectivity index (χ0) is 9.26. The van der Waals surface area contributed by atoms with Crippen molar-refractivity contribution in [3.8, 4) is 0 Å². The van der Waals surface area contributed by atoms with Crippen molar-refractivity contribution in [2.24, 2.45) is 0 Å². The van der Waals surface area contributed by atoms with Crippen LogP contribution in [0.3, 0.4) is 0 Å². The van der Waals surface area contributed by atoms with E-state index in [2.05, 4.69) is 38.2 Å². The molecule has 2 aliphatic rings. The molecule has 64 valence electrons. The second-order valence-electron chi connectivity index (χ2n) is 3.96. The molecule has 0 atom stereocenters. The minimum absolute atomic E-state index is 0.0965. The second-order valence-corrected chi connectivity index (χ2v) is 6.02. The fourth-order valence-corrected chi connectivity index (χ4v) is 3.92. The molecule has 0 amide bonds. The van der Waals surface area contributed by atoms with Crippen LogP contribution in [-0.4, -0.2) is 20.4 Å². The highest BCUT2D eigenvalue weighted by Crippen LogP contribution is 2.24. The second kappa shape index (κ2) is 3.85. The molecule has 0 aromatic carbocycles. The van der Waals surface area contributed by atoms with Gasteiger partial charge in [0, 0.05) is 0 Å². The van der Waals surface area contributed by atoms with Gasteiger partial charge in [-0.3, -0.25) is 0 Å². The van der Waals surface area contributed by atoms with Crippen molar-refractivity contribution >= 4 is 20.4 Å². The van der Waals surface area contributed by atoms with Gasteiger partial charge in [-0.15, -0.1) is 0 Å². The van der Waals surface area contributed by atoms with Gasteiger partial charge in [-0.1, -0.05) is 35.5 Å². The third-order valence-electron chi connectivity index (χ3n) is 3.01. The highest BCUT2D eigenvalue weighted by atomic mass is 24.5. The Balaban J connectivity index is 2.08. The topological polar surface area (TPSA) is 0 Å². The van der Waals surface area contributed by atoms with Crippen molar-refractivity contribution in [2.75, 3.05) is 0 Å². The Morgan fingerprint density at radius 3 is 1.69 bits per heavy atom. The van der Waals surface area contributed by atoms with Crippen molar-refractivity contribution in [3.05, 3.63) is 42.9 Å². The Kier molecular flexibility index (Phi) is 2.75. The first kappa shape index (κ1) is 9.29. The standard InChI is InChI=1S/2C6H7.Mg/c2*1-6-4-2-3-5-6;/h2*2,4H,3H2,1H3;. The lowest BCUT2D eigenvalue weighted by Gasteiger charge is -2.05. The maximum Gasteiger partial charge on any atom is 0.439 e. The van der Waals surface area contributed by atoms with Gasteiger partial charge in [-0.05, 0) is 26.7 Å². The Labute approximate surface area is 89.8 Å². The van der Waals surface area contributed by atoms with E-state index in [0.29, 0.717) is 0 Å². The van der Waals surface area contributed by atoms with Gasteiger partial charge in [0.25, 0.3) is 0 Å². The normalized spacial score (nSPS) is 20.5. The molecule has 0 radical (unpaired) electrons. The van der Waals surface area contributed by atoms with Crippen molar-refractivity contribution in [2.45, 2.75) is 26.7 Å². The van der Waals surface area contributed by atoms with Gasteiger partial charge in [0.05, 0.1) is 0 Å². The SMILES string of the molecule is CC1=[C]([Mg][C]2=C(C)C=CC2)CC=C1. The van der Waals surface area contributed by atoms with Crippen molar-refractivity contribution < 1.29 is 0 Å². The highest BCUT2D eigenvalue weighted by Gasteiger charge is 2.14. The van der Waals surface area contributed by atoms with Crippen LogP contribution < -0.4 is 0 Å². The third-order valence-corrected chi connectivity index (χ3v) is 5.55. The molecule has 0 saturated heterocycles. The van der Waals surface area contributed by atoms with E-state index in [4.69, 9.17) is 0 Å². The molecule has 0 N–H and O–H groups in total.